The van der Waals surface area contributed by atoms with Gasteiger partial charge < -0.3 is 19.6 Å². The lowest BCUT2D eigenvalue weighted by molar-refractivity contribution is -0.131. The molecule has 0 amide bonds. The van der Waals surface area contributed by atoms with Gasteiger partial charge in [0.15, 0.2) is 0 Å². The lowest BCUT2D eigenvalue weighted by Gasteiger charge is -2.13. The van der Waals surface area contributed by atoms with E-state index in [9.17, 15) is 9.59 Å². The summed E-state index contributed by atoms with van der Waals surface area (Å²) in [5.41, 5.74) is 8.68. The van der Waals surface area contributed by atoms with E-state index in [4.69, 9.17) is 19.6 Å². The van der Waals surface area contributed by atoms with Gasteiger partial charge in [-0.3, -0.25) is 4.79 Å². The summed E-state index contributed by atoms with van der Waals surface area (Å²) in [5.74, 6) is -0.569. The highest BCUT2D eigenvalue weighted by Gasteiger charge is 2.26. The van der Waals surface area contributed by atoms with Crippen molar-refractivity contribution >= 4 is 28.8 Å². The van der Waals surface area contributed by atoms with Crippen LogP contribution in [-0.4, -0.2) is 18.5 Å². The minimum absolute atomic E-state index is 0.000903. The van der Waals surface area contributed by atoms with Crippen molar-refractivity contribution in [3.63, 3.8) is 0 Å². The normalized spacial score (nSPS) is 10.8. The van der Waals surface area contributed by atoms with Gasteiger partial charge in [-0.25, -0.2) is 4.79 Å². The van der Waals surface area contributed by atoms with E-state index in [1.54, 1.807) is 13.8 Å². The lowest BCUT2D eigenvalue weighted by atomic mass is 9.98. The molecular formula is C16H19NO5. The molecule has 0 unspecified atom stereocenters. The summed E-state index contributed by atoms with van der Waals surface area (Å²) >= 11 is 0. The molecule has 1 aromatic carbocycles. The molecule has 2 N–H and O–H groups in total. The zero-order valence-corrected chi connectivity index (χ0v) is 13.3. The fourth-order valence-electron chi connectivity index (χ4n) is 2.51. The smallest absolute Gasteiger partial charge is 0.344 e. The van der Waals surface area contributed by atoms with E-state index in [2.05, 4.69) is 0 Å². The Labute approximate surface area is 128 Å². The number of aryl methyl sites for hydroxylation is 2. The minimum atomic E-state index is -0.557. The third-order valence-corrected chi connectivity index (χ3v) is 3.62. The summed E-state index contributed by atoms with van der Waals surface area (Å²) in [4.78, 5) is 23.5. The van der Waals surface area contributed by atoms with E-state index in [0.717, 1.165) is 11.1 Å². The van der Waals surface area contributed by atoms with Gasteiger partial charge in [-0.2, -0.15) is 0 Å². The van der Waals surface area contributed by atoms with Gasteiger partial charge in [0.25, 0.3) is 0 Å². The third-order valence-electron chi connectivity index (χ3n) is 3.62. The fourth-order valence-corrected chi connectivity index (χ4v) is 2.51. The van der Waals surface area contributed by atoms with Gasteiger partial charge in [0.1, 0.15) is 16.9 Å². The molecule has 0 fully saturated rings. The number of nitrogen functional groups attached to an aromatic ring is 1. The second-order valence-corrected chi connectivity index (χ2v) is 5.06. The molecule has 0 aliphatic carbocycles. The maximum Gasteiger partial charge on any atom is 0.344 e. The first kappa shape index (κ1) is 15.9. The second kappa shape index (κ2) is 5.71. The van der Waals surface area contributed by atoms with Crippen LogP contribution in [0.2, 0.25) is 0 Å². The predicted molar refractivity (Wildman–Crippen MR) is 82.1 cm³/mol. The molecule has 6 nitrogen and oxygen atoms in total. The number of rotatable bonds is 3. The van der Waals surface area contributed by atoms with E-state index >= 15 is 0 Å². The van der Waals surface area contributed by atoms with Gasteiger partial charge in [-0.15, -0.1) is 0 Å². The molecule has 6 heteroatoms. The highest BCUT2D eigenvalue weighted by molar-refractivity contribution is 6.10. The maximum absolute atomic E-state index is 12.2. The van der Waals surface area contributed by atoms with Crippen LogP contribution < -0.4 is 10.5 Å². The molecule has 1 heterocycles. The van der Waals surface area contributed by atoms with Crippen LogP contribution in [0.5, 0.6) is 5.75 Å². The number of furan rings is 1. The standard InChI is InChI=1S/C16H19NO5/c1-6-20-16(19)12-11-9(4)13(21-10(5)18)7(2)8(3)14(11)22-15(12)17/h6,17H2,1-5H3. The summed E-state index contributed by atoms with van der Waals surface area (Å²) in [5, 5.41) is 0.523. The van der Waals surface area contributed by atoms with Crippen molar-refractivity contribution in [2.45, 2.75) is 34.6 Å². The number of hydrogen-bond acceptors (Lipinski definition) is 6. The molecule has 0 aliphatic heterocycles. The van der Waals surface area contributed by atoms with Crippen LogP contribution in [0.1, 0.15) is 40.9 Å². The maximum atomic E-state index is 12.2. The van der Waals surface area contributed by atoms with Gasteiger partial charge in [-0.1, -0.05) is 0 Å². The van der Waals surface area contributed by atoms with Crippen LogP contribution in [0.3, 0.4) is 0 Å². The van der Waals surface area contributed by atoms with E-state index in [1.807, 2.05) is 13.8 Å². The Balaban J connectivity index is 2.84. The van der Waals surface area contributed by atoms with Crippen LogP contribution in [0.15, 0.2) is 4.42 Å². The van der Waals surface area contributed by atoms with Gasteiger partial charge in [0.05, 0.1) is 6.61 Å². The summed E-state index contributed by atoms with van der Waals surface area (Å²) in [6, 6.07) is 0. The van der Waals surface area contributed by atoms with Gasteiger partial charge in [0.2, 0.25) is 5.88 Å². The average molecular weight is 305 g/mol. The zero-order chi connectivity index (χ0) is 16.6. The number of fused-ring (bicyclic) bond motifs is 1. The molecule has 0 spiro atoms. The molecule has 0 saturated carbocycles. The molecule has 118 valence electrons. The Bertz CT molecular complexity index is 773. The lowest BCUT2D eigenvalue weighted by Crippen LogP contribution is -2.09. The summed E-state index contributed by atoms with van der Waals surface area (Å²) in [7, 11) is 0. The van der Waals surface area contributed by atoms with Crippen molar-refractivity contribution in [2.75, 3.05) is 12.3 Å². The first-order valence-electron chi connectivity index (χ1n) is 6.96. The van der Waals surface area contributed by atoms with Crippen LogP contribution in [0.4, 0.5) is 5.88 Å². The molecule has 22 heavy (non-hydrogen) atoms. The Kier molecular flexibility index (Phi) is 4.12. The number of carbonyl (C=O) groups excluding carboxylic acids is 2. The van der Waals surface area contributed by atoms with Crippen LogP contribution in [-0.2, 0) is 9.53 Å². The second-order valence-electron chi connectivity index (χ2n) is 5.06. The predicted octanol–water partition coefficient (Wildman–Crippen LogP) is 3.04. The number of ether oxygens (including phenoxy) is 2. The van der Waals surface area contributed by atoms with Crippen LogP contribution >= 0.6 is 0 Å². The monoisotopic (exact) mass is 305 g/mol. The third kappa shape index (κ3) is 2.41. The highest BCUT2D eigenvalue weighted by Crippen LogP contribution is 2.40. The number of esters is 2. The van der Waals surface area contributed by atoms with E-state index in [1.165, 1.54) is 6.92 Å². The van der Waals surface area contributed by atoms with Crippen molar-refractivity contribution in [2.24, 2.45) is 0 Å². The quantitative estimate of drug-likeness (QED) is 0.692. The molecule has 2 rings (SSSR count). The molecule has 0 radical (unpaired) electrons. The van der Waals surface area contributed by atoms with Gasteiger partial charge in [-0.05, 0) is 38.8 Å². The topological polar surface area (TPSA) is 91.8 Å². The van der Waals surface area contributed by atoms with Crippen molar-refractivity contribution < 1.29 is 23.5 Å². The highest BCUT2D eigenvalue weighted by atomic mass is 16.5. The van der Waals surface area contributed by atoms with Gasteiger partial charge in [0, 0.05) is 17.9 Å². The Morgan fingerprint density at radius 2 is 1.77 bits per heavy atom. The number of anilines is 1. The van der Waals surface area contributed by atoms with Crippen molar-refractivity contribution in [1.29, 1.82) is 0 Å². The first-order chi connectivity index (χ1) is 10.3. The summed E-state index contributed by atoms with van der Waals surface area (Å²) in [6.07, 6.45) is 0. The first-order valence-corrected chi connectivity index (χ1v) is 6.96. The molecule has 0 atom stereocenters. The number of nitrogens with two attached hydrogens (primary N) is 1. The molecule has 0 bridgehead atoms. The number of hydrogen-bond donors (Lipinski definition) is 1. The minimum Gasteiger partial charge on any atom is -0.462 e. The molecule has 2 aromatic rings. The largest absolute Gasteiger partial charge is 0.462 e. The van der Waals surface area contributed by atoms with E-state index in [-0.39, 0.29) is 18.1 Å². The van der Waals surface area contributed by atoms with Crippen molar-refractivity contribution in [3.05, 3.63) is 22.3 Å². The van der Waals surface area contributed by atoms with Crippen molar-refractivity contribution in [3.8, 4) is 5.75 Å². The Morgan fingerprint density at radius 3 is 2.32 bits per heavy atom. The molecule has 1 aromatic heterocycles. The number of carbonyl (C=O) groups is 2. The SMILES string of the molecule is CCOC(=O)c1c(N)oc2c(C)c(C)c(OC(C)=O)c(C)c12. The van der Waals surface area contributed by atoms with E-state index in [0.29, 0.717) is 22.3 Å². The Hall–Kier alpha value is -2.50. The fraction of sp³-hybridized carbons (Fsp3) is 0.375. The van der Waals surface area contributed by atoms with Crippen LogP contribution in [0, 0.1) is 20.8 Å². The zero-order valence-electron chi connectivity index (χ0n) is 13.3. The Morgan fingerprint density at radius 1 is 1.14 bits per heavy atom. The summed E-state index contributed by atoms with van der Waals surface area (Å²) in [6.45, 7) is 8.67. The number of benzene rings is 1. The average Bonchev–Trinajstić information content (AvgIpc) is 2.79. The molecule has 0 aliphatic rings. The van der Waals surface area contributed by atoms with Crippen molar-refractivity contribution in [1.82, 2.24) is 0 Å². The van der Waals surface area contributed by atoms with Gasteiger partial charge >= 0.3 is 11.9 Å². The van der Waals surface area contributed by atoms with E-state index < -0.39 is 11.9 Å². The summed E-state index contributed by atoms with van der Waals surface area (Å²) < 4.78 is 15.9. The molecular weight excluding hydrogens is 286 g/mol. The molecule has 0 saturated heterocycles. The van der Waals surface area contributed by atoms with Crippen LogP contribution in [0.25, 0.3) is 11.0 Å².